The third-order valence-corrected chi connectivity index (χ3v) is 3.42. The van der Waals surface area contributed by atoms with Crippen molar-refractivity contribution < 1.29 is 24.5 Å². The van der Waals surface area contributed by atoms with Gasteiger partial charge in [0.15, 0.2) is 0 Å². The summed E-state index contributed by atoms with van der Waals surface area (Å²) in [6.45, 7) is 2.65. The Morgan fingerprint density at radius 3 is 1.86 bits per heavy atom. The molecule has 0 unspecified atom stereocenters. The highest BCUT2D eigenvalue weighted by molar-refractivity contribution is 5.94. The first-order valence-corrected chi connectivity index (χ1v) is 7.79. The first kappa shape index (κ1) is 18.0. The molecule has 0 aliphatic heterocycles. The van der Waals surface area contributed by atoms with Crippen molar-refractivity contribution in [2.24, 2.45) is 0 Å². The molecule has 0 saturated carbocycles. The Morgan fingerprint density at radius 2 is 1.36 bits per heavy atom. The summed E-state index contributed by atoms with van der Waals surface area (Å²) >= 11 is 0. The van der Waals surface area contributed by atoms with Crippen molar-refractivity contribution in [3.63, 3.8) is 0 Å². The summed E-state index contributed by atoms with van der Waals surface area (Å²) in [5.74, 6) is -2.03. The average Bonchev–Trinajstić information content (AvgIpc) is 2.49. The summed E-state index contributed by atoms with van der Waals surface area (Å²) in [7, 11) is 0. The minimum Gasteiger partial charge on any atom is -0.494 e. The van der Waals surface area contributed by atoms with Gasteiger partial charge in [-0.05, 0) is 24.6 Å². The molecule has 1 aromatic rings. The lowest BCUT2D eigenvalue weighted by Crippen LogP contribution is -2.05. The maximum Gasteiger partial charge on any atom is 0.335 e. The lowest BCUT2D eigenvalue weighted by molar-refractivity contribution is 0.0696. The number of aromatic carboxylic acids is 2. The first-order chi connectivity index (χ1) is 10.5. The summed E-state index contributed by atoms with van der Waals surface area (Å²) in [6, 6.07) is 3.84. The van der Waals surface area contributed by atoms with E-state index in [2.05, 4.69) is 6.92 Å². The third-order valence-electron chi connectivity index (χ3n) is 3.42. The van der Waals surface area contributed by atoms with E-state index in [9.17, 15) is 9.59 Å². The van der Waals surface area contributed by atoms with Crippen LogP contribution >= 0.6 is 0 Å². The average molecular weight is 308 g/mol. The molecule has 0 bridgehead atoms. The summed E-state index contributed by atoms with van der Waals surface area (Å²) in [5.41, 5.74) is -0.149. The van der Waals surface area contributed by atoms with Crippen LogP contribution in [0.5, 0.6) is 5.75 Å². The van der Waals surface area contributed by atoms with Crippen LogP contribution in [0.2, 0.25) is 0 Å². The third kappa shape index (κ3) is 6.61. The lowest BCUT2D eigenvalue weighted by atomic mass is 10.1. The monoisotopic (exact) mass is 308 g/mol. The molecular weight excluding hydrogens is 284 g/mol. The van der Waals surface area contributed by atoms with Gasteiger partial charge in [-0.25, -0.2) is 9.59 Å². The van der Waals surface area contributed by atoms with Crippen molar-refractivity contribution >= 4 is 11.9 Å². The molecular formula is C17H24O5. The molecule has 0 saturated heterocycles. The number of ether oxygens (including phenoxy) is 1. The maximum absolute atomic E-state index is 11.0. The second-order valence-electron chi connectivity index (χ2n) is 5.33. The summed E-state index contributed by atoms with van der Waals surface area (Å²) in [6.07, 6.45) is 8.11. The zero-order valence-electron chi connectivity index (χ0n) is 13.0. The van der Waals surface area contributed by atoms with E-state index in [0.29, 0.717) is 12.4 Å². The molecule has 5 heteroatoms. The summed E-state index contributed by atoms with van der Waals surface area (Å²) in [5, 5.41) is 18.0. The second-order valence-corrected chi connectivity index (χ2v) is 5.33. The van der Waals surface area contributed by atoms with Gasteiger partial charge in [-0.3, -0.25) is 0 Å². The molecule has 0 fully saturated rings. The number of rotatable bonds is 11. The minimum absolute atomic E-state index is 0.0746. The number of carboxylic acid groups (broad SMARTS) is 2. The van der Waals surface area contributed by atoms with Gasteiger partial charge >= 0.3 is 11.9 Å². The SMILES string of the molecule is CCCCCCCCCOc1cc(C(=O)O)cc(C(=O)O)c1. The Kier molecular flexibility index (Phi) is 8.04. The van der Waals surface area contributed by atoms with Gasteiger partial charge in [-0.2, -0.15) is 0 Å². The molecule has 1 rings (SSSR count). The predicted octanol–water partition coefficient (Wildman–Crippen LogP) is 4.21. The van der Waals surface area contributed by atoms with Crippen LogP contribution in [0.3, 0.4) is 0 Å². The van der Waals surface area contributed by atoms with E-state index in [1.807, 2.05) is 0 Å². The Labute approximate surface area is 130 Å². The molecule has 0 heterocycles. The van der Waals surface area contributed by atoms with Crippen molar-refractivity contribution in [2.75, 3.05) is 6.61 Å². The number of carboxylic acids is 2. The van der Waals surface area contributed by atoms with Crippen molar-refractivity contribution in [3.8, 4) is 5.75 Å². The Bertz CT molecular complexity index is 464. The number of benzene rings is 1. The molecule has 2 N–H and O–H groups in total. The highest BCUT2D eigenvalue weighted by atomic mass is 16.5. The van der Waals surface area contributed by atoms with Crippen LogP contribution in [0, 0.1) is 0 Å². The Balaban J connectivity index is 2.42. The van der Waals surface area contributed by atoms with Crippen molar-refractivity contribution in [1.82, 2.24) is 0 Å². The van der Waals surface area contributed by atoms with Crippen LogP contribution in [0.4, 0.5) is 0 Å². The predicted molar refractivity (Wildman–Crippen MR) is 83.8 cm³/mol. The van der Waals surface area contributed by atoms with Crippen LogP contribution in [0.15, 0.2) is 18.2 Å². The number of carbonyl (C=O) groups is 2. The van der Waals surface area contributed by atoms with Crippen molar-refractivity contribution in [1.29, 1.82) is 0 Å². The molecule has 122 valence electrons. The Hall–Kier alpha value is -2.04. The van der Waals surface area contributed by atoms with Gasteiger partial charge in [-0.1, -0.05) is 45.4 Å². The highest BCUT2D eigenvalue weighted by Crippen LogP contribution is 2.18. The summed E-state index contributed by atoms with van der Waals surface area (Å²) < 4.78 is 5.49. The number of unbranched alkanes of at least 4 members (excludes halogenated alkanes) is 6. The van der Waals surface area contributed by atoms with Crippen LogP contribution in [-0.4, -0.2) is 28.8 Å². The lowest BCUT2D eigenvalue weighted by Gasteiger charge is -2.08. The molecule has 1 aromatic carbocycles. The molecule has 5 nitrogen and oxygen atoms in total. The van der Waals surface area contributed by atoms with Crippen molar-refractivity contribution in [2.45, 2.75) is 51.9 Å². The largest absolute Gasteiger partial charge is 0.494 e. The summed E-state index contributed by atoms with van der Waals surface area (Å²) in [4.78, 5) is 22.0. The van der Waals surface area contributed by atoms with Gasteiger partial charge in [0, 0.05) is 0 Å². The van der Waals surface area contributed by atoms with E-state index in [1.54, 1.807) is 0 Å². The highest BCUT2D eigenvalue weighted by Gasteiger charge is 2.12. The number of hydrogen-bond donors (Lipinski definition) is 2. The standard InChI is InChI=1S/C17H24O5/c1-2-3-4-5-6-7-8-9-22-15-11-13(16(18)19)10-14(12-15)17(20)21/h10-12H,2-9H2,1H3,(H,18,19)(H,20,21). The van der Waals surface area contributed by atoms with Crippen LogP contribution in [0.1, 0.15) is 72.6 Å². The molecule has 0 aromatic heterocycles. The molecule has 22 heavy (non-hydrogen) atoms. The molecule has 0 spiro atoms. The van der Waals surface area contributed by atoms with E-state index in [-0.39, 0.29) is 11.1 Å². The van der Waals surface area contributed by atoms with Gasteiger partial charge in [0.2, 0.25) is 0 Å². The zero-order chi connectivity index (χ0) is 16.4. The van der Waals surface area contributed by atoms with Crippen LogP contribution in [-0.2, 0) is 0 Å². The van der Waals surface area contributed by atoms with E-state index >= 15 is 0 Å². The second kappa shape index (κ2) is 9.82. The fourth-order valence-corrected chi connectivity index (χ4v) is 2.18. The van der Waals surface area contributed by atoms with E-state index in [0.717, 1.165) is 18.9 Å². The molecule has 0 aliphatic rings. The molecule has 0 aliphatic carbocycles. The van der Waals surface area contributed by atoms with Gasteiger partial charge in [0.25, 0.3) is 0 Å². The first-order valence-electron chi connectivity index (χ1n) is 7.79. The van der Waals surface area contributed by atoms with Crippen molar-refractivity contribution in [3.05, 3.63) is 29.3 Å². The quantitative estimate of drug-likeness (QED) is 0.598. The Morgan fingerprint density at radius 1 is 0.864 bits per heavy atom. The molecule has 0 amide bonds. The van der Waals surface area contributed by atoms with E-state index < -0.39 is 11.9 Å². The van der Waals surface area contributed by atoms with Crippen LogP contribution < -0.4 is 4.74 Å². The number of hydrogen-bond acceptors (Lipinski definition) is 3. The zero-order valence-corrected chi connectivity index (χ0v) is 13.0. The maximum atomic E-state index is 11.0. The fourth-order valence-electron chi connectivity index (χ4n) is 2.18. The fraction of sp³-hybridized carbons (Fsp3) is 0.529. The van der Waals surface area contributed by atoms with Gasteiger partial charge in [0.05, 0.1) is 17.7 Å². The smallest absolute Gasteiger partial charge is 0.335 e. The minimum atomic E-state index is -1.16. The van der Waals surface area contributed by atoms with E-state index in [1.165, 1.54) is 44.2 Å². The topological polar surface area (TPSA) is 83.8 Å². The van der Waals surface area contributed by atoms with E-state index in [4.69, 9.17) is 14.9 Å². The van der Waals surface area contributed by atoms with Gasteiger partial charge in [0.1, 0.15) is 5.75 Å². The molecule has 0 radical (unpaired) electrons. The molecule has 0 atom stereocenters. The van der Waals surface area contributed by atoms with Gasteiger partial charge in [-0.15, -0.1) is 0 Å². The van der Waals surface area contributed by atoms with Crippen LogP contribution in [0.25, 0.3) is 0 Å². The normalized spacial score (nSPS) is 10.4. The van der Waals surface area contributed by atoms with Gasteiger partial charge < -0.3 is 14.9 Å².